The number of anilines is 1. The Kier molecular flexibility index (Phi) is 8.44. The smallest absolute Gasteiger partial charge is 0.420 e. The minimum Gasteiger partial charge on any atom is -0.449 e. The first-order valence-electron chi connectivity index (χ1n) is 13.1. The normalized spacial score (nSPS) is 16.3. The van der Waals surface area contributed by atoms with Gasteiger partial charge in [0.2, 0.25) is 11.8 Å². The molecule has 11 nitrogen and oxygen atoms in total. The Morgan fingerprint density at radius 1 is 1.23 bits per heavy atom. The number of halogens is 3. The lowest BCUT2D eigenvalue weighted by Crippen LogP contribution is -2.46. The van der Waals surface area contributed by atoms with Gasteiger partial charge in [-0.3, -0.25) is 19.3 Å². The molecule has 0 bridgehead atoms. The van der Waals surface area contributed by atoms with Gasteiger partial charge < -0.3 is 23.9 Å². The number of nitrogens with zero attached hydrogens (tertiary/aromatic N) is 4. The van der Waals surface area contributed by atoms with E-state index in [2.05, 4.69) is 10.3 Å². The highest BCUT2D eigenvalue weighted by molar-refractivity contribution is 6.30. The highest BCUT2D eigenvalue weighted by atomic mass is 35.5. The quantitative estimate of drug-likeness (QED) is 0.290. The Hall–Kier alpha value is -4.78. The van der Waals surface area contributed by atoms with Crippen LogP contribution in [0.3, 0.4) is 0 Å². The highest BCUT2D eigenvalue weighted by Crippen LogP contribution is 2.29. The van der Waals surface area contributed by atoms with E-state index in [0.29, 0.717) is 10.9 Å². The van der Waals surface area contributed by atoms with Gasteiger partial charge in [0.25, 0.3) is 0 Å². The zero-order valence-electron chi connectivity index (χ0n) is 23.1. The Morgan fingerprint density at radius 2 is 2.02 bits per heavy atom. The van der Waals surface area contributed by atoms with E-state index in [0.717, 1.165) is 9.80 Å². The fraction of sp³-hybridized carbons (Fsp3) is 0.276. The number of hydrogen-bond acceptors (Lipinski definition) is 7. The molecular formula is C29H26ClF2N5O6. The number of oxazole rings is 1. The number of rotatable bonds is 8. The van der Waals surface area contributed by atoms with Gasteiger partial charge in [0.1, 0.15) is 36.6 Å². The number of nitrogens with one attached hydrogen (secondary N) is 1. The van der Waals surface area contributed by atoms with Crippen LogP contribution in [-0.2, 0) is 22.7 Å². The average Bonchev–Trinajstić information content (AvgIpc) is 3.72. The topological polar surface area (TPSA) is 127 Å². The summed E-state index contributed by atoms with van der Waals surface area (Å²) in [4.78, 5) is 57.5. The largest absolute Gasteiger partial charge is 0.449 e. The number of benzene rings is 2. The molecule has 0 unspecified atom stereocenters. The van der Waals surface area contributed by atoms with Crippen molar-refractivity contribution in [3.63, 3.8) is 0 Å². The van der Waals surface area contributed by atoms with Crippen molar-refractivity contribution >= 4 is 52.0 Å². The van der Waals surface area contributed by atoms with Gasteiger partial charge in [0, 0.05) is 48.2 Å². The molecule has 1 aliphatic rings. The van der Waals surface area contributed by atoms with Crippen LogP contribution in [0.2, 0.25) is 5.02 Å². The van der Waals surface area contributed by atoms with E-state index in [-0.39, 0.29) is 59.6 Å². The second-order valence-electron chi connectivity index (χ2n) is 10.0. The first-order valence-corrected chi connectivity index (χ1v) is 13.5. The van der Waals surface area contributed by atoms with Crippen LogP contribution in [0.25, 0.3) is 10.9 Å². The van der Waals surface area contributed by atoms with Crippen LogP contribution in [0, 0.1) is 5.82 Å². The summed E-state index contributed by atoms with van der Waals surface area (Å²) >= 11 is 5.80. The van der Waals surface area contributed by atoms with E-state index < -0.39 is 35.9 Å². The highest BCUT2D eigenvalue weighted by Gasteiger charge is 2.40. The maximum atomic E-state index is 14.5. The molecule has 2 atom stereocenters. The molecule has 224 valence electrons. The average molecular weight is 614 g/mol. The number of ether oxygens (including phenoxy) is 1. The third kappa shape index (κ3) is 6.21. The third-order valence-electron chi connectivity index (χ3n) is 7.14. The van der Waals surface area contributed by atoms with E-state index in [9.17, 15) is 28.0 Å². The molecular weight excluding hydrogens is 588 g/mol. The number of ketones is 1. The second kappa shape index (κ2) is 12.2. The van der Waals surface area contributed by atoms with Crippen molar-refractivity contribution < 1.29 is 37.1 Å². The number of alkyl halides is 1. The molecule has 3 amide bonds. The zero-order valence-corrected chi connectivity index (χ0v) is 23.8. The van der Waals surface area contributed by atoms with Gasteiger partial charge in [-0.2, -0.15) is 4.98 Å². The van der Waals surface area contributed by atoms with Crippen molar-refractivity contribution in [2.24, 2.45) is 0 Å². The standard InChI is InChI=1S/C29H26ClF2N5O6/c1-16(38)21-12-36(23-7-6-19(9-20(21)23)43-29(41)35(2)25-14-42-15-34-25)13-26(39)37-11-18(31)8-24(37)28(40)33-10-17-4-3-5-22(30)27(17)32/h3-7,9,12,14-15,18,24H,8,10-11,13H2,1-2H3,(H,33,40)/t18-,24+/m1/s1. The monoisotopic (exact) mass is 613 g/mol. The summed E-state index contributed by atoms with van der Waals surface area (Å²) in [5.41, 5.74) is 0.906. The second-order valence-corrected chi connectivity index (χ2v) is 10.4. The molecule has 1 fully saturated rings. The van der Waals surface area contributed by atoms with Gasteiger partial charge >= 0.3 is 6.09 Å². The predicted molar refractivity (Wildman–Crippen MR) is 151 cm³/mol. The summed E-state index contributed by atoms with van der Waals surface area (Å²) in [7, 11) is 1.45. The first-order chi connectivity index (χ1) is 20.5. The van der Waals surface area contributed by atoms with Gasteiger partial charge in [0.15, 0.2) is 18.0 Å². The number of carbonyl (C=O) groups excluding carboxylic acids is 4. The Morgan fingerprint density at radius 3 is 2.74 bits per heavy atom. The summed E-state index contributed by atoms with van der Waals surface area (Å²) < 4.78 is 40.5. The molecule has 0 saturated carbocycles. The SMILES string of the molecule is CC(=O)c1cn(CC(=O)N2C[C@H](F)C[C@H]2C(=O)NCc2cccc(Cl)c2F)c2ccc(OC(=O)N(C)c3cocn3)cc12. The Labute approximate surface area is 248 Å². The van der Waals surface area contributed by atoms with Gasteiger partial charge in [-0.1, -0.05) is 23.7 Å². The summed E-state index contributed by atoms with van der Waals surface area (Å²) in [5, 5.41) is 2.89. The molecule has 2 aromatic carbocycles. The van der Waals surface area contributed by atoms with Crippen LogP contribution in [-0.4, -0.2) is 63.9 Å². The van der Waals surface area contributed by atoms with Crippen molar-refractivity contribution in [2.75, 3.05) is 18.5 Å². The fourth-order valence-corrected chi connectivity index (χ4v) is 5.11. The summed E-state index contributed by atoms with van der Waals surface area (Å²) in [6, 6.07) is 7.85. The van der Waals surface area contributed by atoms with Crippen LogP contribution in [0.5, 0.6) is 5.75 Å². The number of fused-ring (bicyclic) bond motifs is 1. The molecule has 5 rings (SSSR count). The van der Waals surface area contributed by atoms with Crippen molar-refractivity contribution in [1.29, 1.82) is 0 Å². The molecule has 43 heavy (non-hydrogen) atoms. The minimum absolute atomic E-state index is 0.0960. The summed E-state index contributed by atoms with van der Waals surface area (Å²) in [6.07, 6.45) is 1.54. The number of hydrogen-bond donors (Lipinski definition) is 1. The molecule has 3 heterocycles. The predicted octanol–water partition coefficient (Wildman–Crippen LogP) is 4.52. The van der Waals surface area contributed by atoms with E-state index in [1.54, 1.807) is 6.07 Å². The van der Waals surface area contributed by atoms with Gasteiger partial charge in [-0.05, 0) is 31.2 Å². The van der Waals surface area contributed by atoms with Gasteiger partial charge in [-0.15, -0.1) is 0 Å². The molecule has 14 heteroatoms. The van der Waals surface area contributed by atoms with Crippen LogP contribution >= 0.6 is 11.6 Å². The van der Waals surface area contributed by atoms with Crippen LogP contribution in [0.15, 0.2) is 59.7 Å². The van der Waals surface area contributed by atoms with E-state index >= 15 is 0 Å². The number of likely N-dealkylation sites (tertiary alicyclic amines) is 1. The number of aromatic nitrogens is 2. The third-order valence-corrected chi connectivity index (χ3v) is 7.43. The molecule has 0 radical (unpaired) electrons. The lowest BCUT2D eigenvalue weighted by atomic mass is 10.1. The lowest BCUT2D eigenvalue weighted by Gasteiger charge is -2.24. The zero-order chi connectivity index (χ0) is 30.8. The van der Waals surface area contributed by atoms with E-state index in [1.807, 2.05) is 0 Å². The van der Waals surface area contributed by atoms with Gasteiger partial charge in [-0.25, -0.2) is 13.6 Å². The number of Topliss-reactive ketones (excluding diaryl/α,β-unsaturated/α-hetero) is 1. The number of carbonyl (C=O) groups is 4. The van der Waals surface area contributed by atoms with Crippen LogP contribution < -0.4 is 15.0 Å². The maximum Gasteiger partial charge on any atom is 0.420 e. The van der Waals surface area contributed by atoms with Gasteiger partial charge in [0.05, 0.1) is 11.6 Å². The number of amides is 3. The molecule has 0 aliphatic carbocycles. The van der Waals surface area contributed by atoms with Crippen molar-refractivity contribution in [3.8, 4) is 5.75 Å². The van der Waals surface area contributed by atoms with Crippen LogP contribution in [0.4, 0.5) is 19.4 Å². The minimum atomic E-state index is -1.43. The maximum absolute atomic E-state index is 14.5. The lowest BCUT2D eigenvalue weighted by molar-refractivity contribution is -0.139. The Bertz CT molecular complexity index is 1710. The van der Waals surface area contributed by atoms with E-state index in [4.69, 9.17) is 20.8 Å². The molecule has 1 aliphatic heterocycles. The summed E-state index contributed by atoms with van der Waals surface area (Å²) in [5.74, 6) is -1.77. The molecule has 1 saturated heterocycles. The van der Waals surface area contributed by atoms with E-state index in [1.165, 1.54) is 67.7 Å². The van der Waals surface area contributed by atoms with Crippen molar-refractivity contribution in [3.05, 3.63) is 77.2 Å². The molecule has 1 N–H and O–H groups in total. The van der Waals surface area contributed by atoms with Crippen molar-refractivity contribution in [1.82, 2.24) is 19.8 Å². The van der Waals surface area contributed by atoms with Crippen molar-refractivity contribution in [2.45, 2.75) is 38.6 Å². The molecule has 0 spiro atoms. The summed E-state index contributed by atoms with van der Waals surface area (Å²) in [6.45, 7) is 0.582. The van der Waals surface area contributed by atoms with Crippen LogP contribution in [0.1, 0.15) is 29.3 Å². The Balaban J connectivity index is 1.32. The first kappa shape index (κ1) is 29.7. The molecule has 4 aromatic rings. The molecule has 2 aromatic heterocycles. The fourth-order valence-electron chi connectivity index (χ4n) is 4.92.